The first-order chi connectivity index (χ1) is 31.3. The maximum atomic E-state index is 5.58. The van der Waals surface area contributed by atoms with Crippen LogP contribution in [-0.2, 0) is 0 Å². The van der Waals surface area contributed by atoms with Gasteiger partial charge in [-0.15, -0.1) is 16.4 Å². The lowest BCUT2D eigenvalue weighted by atomic mass is 9.59. The Kier molecular flexibility index (Phi) is 8.81. The Morgan fingerprint density at radius 3 is 1.72 bits per heavy atom. The highest BCUT2D eigenvalue weighted by Crippen LogP contribution is 2.41. The summed E-state index contributed by atoms with van der Waals surface area (Å²) in [7, 11) is 11.3. The standard InChI is InChI=1S/C56H40B5N3/c57-50-49(51(58)53(60)54(61)52(50)59)37-21-24-45-44(28-37)55(38-19-18-32-12-4-5-13-33(32)26-38)63-56(62-45)42-23-25-46(40-17-9-8-16-39(40)42)64-47-30-36(31-10-2-1-3-11-31)20-22-41(47)43-27-34-14-6-7-15-35(34)29-48(43)64/h1-30H,57-61H2. The van der Waals surface area contributed by atoms with E-state index in [0.717, 1.165) is 44.2 Å². The van der Waals surface area contributed by atoms with E-state index in [1.165, 1.54) is 92.9 Å². The number of benzene rings is 10. The van der Waals surface area contributed by atoms with Gasteiger partial charge in [0.05, 0.1) is 27.9 Å². The highest BCUT2D eigenvalue weighted by atomic mass is 15.0. The first-order valence-electron chi connectivity index (χ1n) is 22.2. The number of rotatable bonds is 5. The molecule has 294 valence electrons. The van der Waals surface area contributed by atoms with Crippen molar-refractivity contribution in [3.8, 4) is 50.6 Å². The van der Waals surface area contributed by atoms with Crippen LogP contribution in [0.15, 0.2) is 182 Å². The Hall–Kier alpha value is -7.56. The summed E-state index contributed by atoms with van der Waals surface area (Å²) in [5.41, 5.74) is 19.0. The van der Waals surface area contributed by atoms with Gasteiger partial charge in [0.1, 0.15) is 39.2 Å². The van der Waals surface area contributed by atoms with Gasteiger partial charge < -0.3 is 4.57 Å². The molecule has 0 saturated heterocycles. The largest absolute Gasteiger partial charge is 0.309 e. The predicted octanol–water partition coefficient (Wildman–Crippen LogP) is 6.15. The molecule has 0 atom stereocenters. The number of aromatic nitrogens is 3. The van der Waals surface area contributed by atoms with E-state index in [-0.39, 0.29) is 0 Å². The number of hydrogen-bond donors (Lipinski definition) is 0. The molecule has 12 aromatic rings. The van der Waals surface area contributed by atoms with Crippen LogP contribution < -0.4 is 27.3 Å². The zero-order valence-electron chi connectivity index (χ0n) is 36.7. The first-order valence-corrected chi connectivity index (χ1v) is 22.2. The van der Waals surface area contributed by atoms with E-state index in [9.17, 15) is 0 Å². The minimum Gasteiger partial charge on any atom is -0.309 e. The summed E-state index contributed by atoms with van der Waals surface area (Å²) in [4.78, 5) is 11.0. The van der Waals surface area contributed by atoms with Crippen molar-refractivity contribution in [2.75, 3.05) is 0 Å². The summed E-state index contributed by atoms with van der Waals surface area (Å²) in [5.74, 6) is 0.708. The fraction of sp³-hybridized carbons (Fsp3) is 0. The molecule has 0 bridgehead atoms. The van der Waals surface area contributed by atoms with Gasteiger partial charge in [-0.3, -0.25) is 0 Å². The fourth-order valence-electron chi connectivity index (χ4n) is 10.3. The van der Waals surface area contributed by atoms with Crippen LogP contribution in [0.4, 0.5) is 0 Å². The highest BCUT2D eigenvalue weighted by Gasteiger charge is 2.21. The minimum absolute atomic E-state index is 0.708. The molecule has 0 fully saturated rings. The molecule has 0 radical (unpaired) electrons. The van der Waals surface area contributed by atoms with E-state index in [1.54, 1.807) is 0 Å². The molecule has 0 aliphatic rings. The van der Waals surface area contributed by atoms with Gasteiger partial charge in [0.25, 0.3) is 0 Å². The third-order valence-corrected chi connectivity index (χ3v) is 14.1. The molecule has 0 amide bonds. The minimum atomic E-state index is 0.708. The predicted molar refractivity (Wildman–Crippen MR) is 289 cm³/mol. The maximum Gasteiger partial charge on any atom is 0.161 e. The molecule has 8 heteroatoms. The van der Waals surface area contributed by atoms with Crippen molar-refractivity contribution in [3.05, 3.63) is 182 Å². The molecule has 12 rings (SSSR count). The smallest absolute Gasteiger partial charge is 0.161 e. The summed E-state index contributed by atoms with van der Waals surface area (Å²) < 4.78 is 2.47. The summed E-state index contributed by atoms with van der Waals surface area (Å²) in [6.07, 6.45) is 0. The fourth-order valence-corrected chi connectivity index (χ4v) is 10.3. The molecule has 64 heavy (non-hydrogen) atoms. The number of hydrogen-bond acceptors (Lipinski definition) is 2. The summed E-state index contributed by atoms with van der Waals surface area (Å²) in [6.45, 7) is 0. The monoisotopic (exact) mass is 809 g/mol. The Labute approximate surface area is 376 Å². The summed E-state index contributed by atoms with van der Waals surface area (Å²) >= 11 is 0. The zero-order valence-corrected chi connectivity index (χ0v) is 36.7. The van der Waals surface area contributed by atoms with Crippen LogP contribution in [-0.4, -0.2) is 53.8 Å². The van der Waals surface area contributed by atoms with E-state index in [4.69, 9.17) is 9.97 Å². The number of nitrogens with zero attached hydrogens (tertiary/aromatic N) is 3. The number of fused-ring (bicyclic) bond motifs is 7. The van der Waals surface area contributed by atoms with Crippen molar-refractivity contribution < 1.29 is 0 Å². The van der Waals surface area contributed by atoms with Crippen LogP contribution in [0.1, 0.15) is 0 Å². The van der Waals surface area contributed by atoms with Gasteiger partial charge in [-0.25, -0.2) is 9.97 Å². The van der Waals surface area contributed by atoms with Gasteiger partial charge in [-0.05, 0) is 97.7 Å². The van der Waals surface area contributed by atoms with Crippen LogP contribution in [0, 0.1) is 0 Å². The van der Waals surface area contributed by atoms with Gasteiger partial charge in [0, 0.05) is 32.7 Å². The van der Waals surface area contributed by atoms with E-state index in [0.29, 0.717) is 5.82 Å². The molecule has 3 nitrogen and oxygen atoms in total. The normalized spacial score (nSPS) is 11.8. The summed E-state index contributed by atoms with van der Waals surface area (Å²) in [5, 5.41) is 10.6. The van der Waals surface area contributed by atoms with Gasteiger partial charge in [-0.1, -0.05) is 144 Å². The lowest BCUT2D eigenvalue weighted by Crippen LogP contribution is -2.55. The second-order valence-corrected chi connectivity index (χ2v) is 17.5. The SMILES string of the molecule is Bc1c(B)c(B)c(-c2ccc3nc(-c4ccc(-n5c6cc(-c7ccccc7)ccc6c6cc7ccccc7cc65)c5ccccc45)nc(-c4ccc5ccccc5c4)c3c2)c(B)c1B. The molecule has 0 unspecified atom stereocenters. The molecule has 2 heterocycles. The topological polar surface area (TPSA) is 30.7 Å². The van der Waals surface area contributed by atoms with E-state index >= 15 is 0 Å². The average molecular weight is 809 g/mol. The van der Waals surface area contributed by atoms with Crippen LogP contribution in [0.5, 0.6) is 0 Å². The van der Waals surface area contributed by atoms with Crippen LogP contribution in [0.25, 0.3) is 116 Å². The lowest BCUT2D eigenvalue weighted by Gasteiger charge is -2.21. The van der Waals surface area contributed by atoms with E-state index in [1.807, 2.05) is 0 Å². The average Bonchev–Trinajstić information content (AvgIpc) is 3.65. The van der Waals surface area contributed by atoms with Gasteiger partial charge in [0.15, 0.2) is 5.82 Å². The molecule has 0 aliphatic carbocycles. The summed E-state index contributed by atoms with van der Waals surface area (Å²) in [6, 6.07) is 66.3. The first kappa shape index (κ1) is 38.1. The van der Waals surface area contributed by atoms with Crippen molar-refractivity contribution in [1.82, 2.24) is 14.5 Å². The molecule has 2 aromatic heterocycles. The van der Waals surface area contributed by atoms with Crippen LogP contribution >= 0.6 is 0 Å². The van der Waals surface area contributed by atoms with Crippen molar-refractivity contribution >= 4 is 132 Å². The third-order valence-electron chi connectivity index (χ3n) is 14.1. The lowest BCUT2D eigenvalue weighted by molar-refractivity contribution is 1.19. The molecular formula is C56H40B5N3. The Balaban J connectivity index is 1.10. The second kappa shape index (κ2) is 14.8. The van der Waals surface area contributed by atoms with Gasteiger partial charge in [0.2, 0.25) is 0 Å². The van der Waals surface area contributed by atoms with Crippen LogP contribution in [0.2, 0.25) is 0 Å². The molecular weight excluding hydrogens is 769 g/mol. The van der Waals surface area contributed by atoms with Crippen molar-refractivity contribution in [2.24, 2.45) is 0 Å². The Bertz CT molecular complexity index is 3890. The van der Waals surface area contributed by atoms with E-state index in [2.05, 4.69) is 226 Å². The molecule has 0 N–H and O–H groups in total. The van der Waals surface area contributed by atoms with Crippen molar-refractivity contribution in [3.63, 3.8) is 0 Å². The van der Waals surface area contributed by atoms with E-state index < -0.39 is 0 Å². The Morgan fingerprint density at radius 2 is 0.953 bits per heavy atom. The molecule has 0 spiro atoms. The molecule has 10 aromatic carbocycles. The van der Waals surface area contributed by atoms with Crippen LogP contribution in [0.3, 0.4) is 0 Å². The van der Waals surface area contributed by atoms with Gasteiger partial charge in [-0.2, -0.15) is 0 Å². The zero-order chi connectivity index (χ0) is 43.2. The Morgan fingerprint density at radius 1 is 0.344 bits per heavy atom. The molecule has 0 aliphatic heterocycles. The third kappa shape index (κ3) is 5.97. The maximum absolute atomic E-state index is 5.58. The van der Waals surface area contributed by atoms with Crippen molar-refractivity contribution in [1.29, 1.82) is 0 Å². The molecule has 0 saturated carbocycles. The van der Waals surface area contributed by atoms with Crippen molar-refractivity contribution in [2.45, 2.75) is 0 Å². The quantitative estimate of drug-likeness (QED) is 0.196. The second-order valence-electron chi connectivity index (χ2n) is 17.5. The van der Waals surface area contributed by atoms with Gasteiger partial charge >= 0.3 is 0 Å². The highest BCUT2D eigenvalue weighted by molar-refractivity contribution is 6.68.